The fourth-order valence-electron chi connectivity index (χ4n) is 4.11. The predicted molar refractivity (Wildman–Crippen MR) is 123 cm³/mol. The van der Waals surface area contributed by atoms with E-state index in [9.17, 15) is 9.18 Å². The average molecular weight is 465 g/mol. The quantitative estimate of drug-likeness (QED) is 0.425. The number of hydrogen-bond donors (Lipinski definition) is 1. The van der Waals surface area contributed by atoms with Crippen LogP contribution in [-0.4, -0.2) is 79.4 Å². The van der Waals surface area contributed by atoms with Crippen molar-refractivity contribution in [2.24, 2.45) is 0 Å². The third-order valence-corrected chi connectivity index (χ3v) is 5.88. The van der Waals surface area contributed by atoms with E-state index in [2.05, 4.69) is 19.4 Å². The van der Waals surface area contributed by atoms with Gasteiger partial charge in [-0.2, -0.15) is 5.10 Å². The molecule has 0 radical (unpaired) electrons. The number of carbonyl (C=O) groups excluding carboxylic acids is 1. The zero-order valence-electron chi connectivity index (χ0n) is 18.6. The number of aliphatic hydroxyl groups is 1. The first-order valence-electron chi connectivity index (χ1n) is 11.2. The van der Waals surface area contributed by atoms with Gasteiger partial charge in [-0.1, -0.05) is 0 Å². The van der Waals surface area contributed by atoms with Crippen LogP contribution in [-0.2, 0) is 22.5 Å². The third-order valence-electron chi connectivity index (χ3n) is 5.88. The van der Waals surface area contributed by atoms with E-state index < -0.39 is 6.61 Å². The van der Waals surface area contributed by atoms with E-state index in [-0.39, 0.29) is 18.0 Å². The molecule has 10 heteroatoms. The number of morpholine rings is 1. The number of Topliss-reactive ketones (excluding diaryl/α,β-unsaturated/α-hetero) is 1. The van der Waals surface area contributed by atoms with Gasteiger partial charge in [0.25, 0.3) is 0 Å². The predicted octanol–water partition coefficient (Wildman–Crippen LogP) is 1.83. The van der Waals surface area contributed by atoms with Gasteiger partial charge in [-0.3, -0.25) is 9.69 Å². The Bertz CT molecular complexity index is 1290. The van der Waals surface area contributed by atoms with Crippen molar-refractivity contribution < 1.29 is 19.0 Å². The molecule has 0 spiro atoms. The lowest BCUT2D eigenvalue weighted by Gasteiger charge is -2.26. The minimum Gasteiger partial charge on any atom is -0.389 e. The van der Waals surface area contributed by atoms with Gasteiger partial charge in [0.2, 0.25) is 0 Å². The van der Waals surface area contributed by atoms with Crippen LogP contribution in [0.25, 0.3) is 28.3 Å². The minimum atomic E-state index is -0.518. The minimum absolute atomic E-state index is 0.0491. The number of rotatable bonds is 8. The molecule has 0 saturated carbocycles. The first-order chi connectivity index (χ1) is 16.6. The largest absolute Gasteiger partial charge is 0.389 e. The molecule has 34 heavy (non-hydrogen) atoms. The van der Waals surface area contributed by atoms with Crippen LogP contribution >= 0.6 is 0 Å². The molecule has 0 bridgehead atoms. The molecule has 1 aliphatic heterocycles. The lowest BCUT2D eigenvalue weighted by Crippen LogP contribution is -2.38. The SMILES string of the molecule is O=C(CO)Cc1cn2nc(-c3c(-c4ccc(F)cc4)ncn3CCN3CCOCC3)ccc2n1. The number of fused-ring (bicyclic) bond motifs is 1. The van der Waals surface area contributed by atoms with Crippen molar-refractivity contribution >= 4 is 11.4 Å². The van der Waals surface area contributed by atoms with Crippen LogP contribution in [0.4, 0.5) is 4.39 Å². The molecule has 176 valence electrons. The number of nitrogens with zero attached hydrogens (tertiary/aromatic N) is 6. The summed E-state index contributed by atoms with van der Waals surface area (Å²) in [5.41, 5.74) is 4.16. The van der Waals surface area contributed by atoms with Crippen molar-refractivity contribution in [2.75, 3.05) is 39.5 Å². The lowest BCUT2D eigenvalue weighted by molar-refractivity contribution is -0.121. The zero-order valence-corrected chi connectivity index (χ0v) is 18.6. The highest BCUT2D eigenvalue weighted by Gasteiger charge is 2.19. The summed E-state index contributed by atoms with van der Waals surface area (Å²) < 4.78 is 22.7. The first-order valence-corrected chi connectivity index (χ1v) is 11.2. The van der Waals surface area contributed by atoms with E-state index in [0.29, 0.717) is 29.3 Å². The van der Waals surface area contributed by atoms with Gasteiger partial charge in [0.15, 0.2) is 11.4 Å². The van der Waals surface area contributed by atoms with Gasteiger partial charge in [-0.25, -0.2) is 18.9 Å². The number of aliphatic hydroxyl groups excluding tert-OH is 1. The molecule has 0 aliphatic carbocycles. The Morgan fingerprint density at radius 2 is 1.88 bits per heavy atom. The van der Waals surface area contributed by atoms with Crippen LogP contribution in [0, 0.1) is 5.82 Å². The number of aromatic nitrogens is 5. The Balaban J connectivity index is 1.51. The Morgan fingerprint density at radius 1 is 1.09 bits per heavy atom. The van der Waals surface area contributed by atoms with Crippen molar-refractivity contribution in [3.63, 3.8) is 0 Å². The van der Waals surface area contributed by atoms with E-state index in [0.717, 1.165) is 44.1 Å². The molecule has 1 saturated heterocycles. The maximum Gasteiger partial charge on any atom is 0.164 e. The van der Waals surface area contributed by atoms with Crippen LogP contribution in [0.5, 0.6) is 0 Å². The van der Waals surface area contributed by atoms with Crippen molar-refractivity contribution in [2.45, 2.75) is 13.0 Å². The van der Waals surface area contributed by atoms with Crippen LogP contribution in [0.1, 0.15) is 5.69 Å². The highest BCUT2D eigenvalue weighted by atomic mass is 19.1. The highest BCUT2D eigenvalue weighted by Crippen LogP contribution is 2.30. The van der Waals surface area contributed by atoms with E-state index in [1.807, 2.05) is 12.1 Å². The molecule has 0 atom stereocenters. The van der Waals surface area contributed by atoms with E-state index in [4.69, 9.17) is 14.9 Å². The monoisotopic (exact) mass is 464 g/mol. The number of ketones is 1. The van der Waals surface area contributed by atoms with E-state index >= 15 is 0 Å². The van der Waals surface area contributed by atoms with Gasteiger partial charge in [-0.05, 0) is 36.4 Å². The number of benzene rings is 1. The second kappa shape index (κ2) is 9.80. The smallest absolute Gasteiger partial charge is 0.164 e. The van der Waals surface area contributed by atoms with Crippen molar-refractivity contribution in [1.29, 1.82) is 0 Å². The molecule has 0 amide bonds. The van der Waals surface area contributed by atoms with Crippen LogP contribution < -0.4 is 0 Å². The summed E-state index contributed by atoms with van der Waals surface area (Å²) in [4.78, 5) is 23.0. The van der Waals surface area contributed by atoms with Gasteiger partial charge >= 0.3 is 0 Å². The fraction of sp³-hybridized carbons (Fsp3) is 0.333. The van der Waals surface area contributed by atoms with Gasteiger partial charge in [-0.15, -0.1) is 0 Å². The fourth-order valence-corrected chi connectivity index (χ4v) is 4.11. The lowest BCUT2D eigenvalue weighted by atomic mass is 10.1. The topological polar surface area (TPSA) is 97.8 Å². The second-order valence-corrected chi connectivity index (χ2v) is 8.22. The molecule has 9 nitrogen and oxygen atoms in total. The van der Waals surface area contributed by atoms with Gasteiger partial charge < -0.3 is 14.4 Å². The van der Waals surface area contributed by atoms with Gasteiger partial charge in [0.1, 0.15) is 18.1 Å². The summed E-state index contributed by atoms with van der Waals surface area (Å²) in [6.45, 7) is 4.29. The maximum absolute atomic E-state index is 13.5. The molecule has 4 aromatic rings. The molecule has 5 rings (SSSR count). The molecule has 1 aliphatic rings. The molecular formula is C24H25FN6O3. The highest BCUT2D eigenvalue weighted by molar-refractivity contribution is 5.81. The van der Waals surface area contributed by atoms with E-state index in [1.54, 1.807) is 29.2 Å². The Morgan fingerprint density at radius 3 is 2.65 bits per heavy atom. The summed E-state index contributed by atoms with van der Waals surface area (Å²) in [7, 11) is 0. The standard InChI is InChI=1S/C24H25FN6O3/c25-18-3-1-17(2-4-18)23-24(30(16-26-23)8-7-29-9-11-34-12-10-29)21-5-6-22-27-19(13-20(33)15-32)14-31(22)28-21/h1-6,14,16,32H,7-13,15H2. The molecule has 1 aromatic carbocycles. The van der Waals surface area contributed by atoms with Crippen molar-refractivity contribution in [3.05, 3.63) is 60.4 Å². The summed E-state index contributed by atoms with van der Waals surface area (Å²) in [6.07, 6.45) is 3.53. The normalized spacial score (nSPS) is 14.6. The van der Waals surface area contributed by atoms with Crippen LogP contribution in [0.3, 0.4) is 0 Å². The van der Waals surface area contributed by atoms with Gasteiger partial charge in [0.05, 0.1) is 49.2 Å². The molecular weight excluding hydrogens is 439 g/mol. The number of carbonyl (C=O) groups is 1. The van der Waals surface area contributed by atoms with Gasteiger partial charge in [0, 0.05) is 31.7 Å². The maximum atomic E-state index is 13.5. The number of ether oxygens (including phenoxy) is 1. The summed E-state index contributed by atoms with van der Waals surface area (Å²) in [5, 5.41) is 13.8. The zero-order chi connectivity index (χ0) is 23.5. The Hall–Kier alpha value is -3.47. The molecule has 1 N–H and O–H groups in total. The molecule has 0 unspecified atom stereocenters. The number of hydrogen-bond acceptors (Lipinski definition) is 7. The van der Waals surface area contributed by atoms with Crippen molar-refractivity contribution in [1.82, 2.24) is 29.0 Å². The molecule has 1 fully saturated rings. The Labute approximate surface area is 195 Å². The van der Waals surface area contributed by atoms with Crippen LogP contribution in [0.2, 0.25) is 0 Å². The first kappa shape index (κ1) is 22.3. The number of imidazole rings is 2. The van der Waals surface area contributed by atoms with Crippen molar-refractivity contribution in [3.8, 4) is 22.6 Å². The molecule has 4 heterocycles. The van der Waals surface area contributed by atoms with E-state index in [1.165, 1.54) is 12.1 Å². The third kappa shape index (κ3) is 4.74. The second-order valence-electron chi connectivity index (χ2n) is 8.22. The van der Waals surface area contributed by atoms with Crippen LogP contribution in [0.15, 0.2) is 48.9 Å². The molecule has 3 aromatic heterocycles. The average Bonchev–Trinajstić information content (AvgIpc) is 3.46. The summed E-state index contributed by atoms with van der Waals surface area (Å²) in [5.74, 6) is -0.608. The number of halogens is 1. The summed E-state index contributed by atoms with van der Waals surface area (Å²) in [6, 6.07) is 9.97. The summed E-state index contributed by atoms with van der Waals surface area (Å²) >= 11 is 0. The Kier molecular flexibility index (Phi) is 6.43.